The first-order valence-corrected chi connectivity index (χ1v) is 6.53. The summed E-state index contributed by atoms with van der Waals surface area (Å²) in [5.41, 5.74) is 0. The number of rotatable bonds is 10. The molecule has 0 fully saturated rings. The fraction of sp³-hybridized carbons (Fsp3) is 0.923. The Bertz CT molecular complexity index is 171. The second kappa shape index (κ2) is 10.9. The average molecular weight is 229 g/mol. The van der Waals surface area contributed by atoms with Crippen molar-refractivity contribution in [2.75, 3.05) is 26.7 Å². The number of hydrogen-bond donors (Lipinski definition) is 0. The van der Waals surface area contributed by atoms with E-state index in [4.69, 9.17) is 0 Å². The number of carbonyl (C=O) groups is 1. The third-order valence-corrected chi connectivity index (χ3v) is 2.88. The van der Waals surface area contributed by atoms with Gasteiger partial charge in [0.15, 0.2) is 0 Å². The first kappa shape index (κ1) is 15.4. The van der Waals surface area contributed by atoms with Crippen LogP contribution in [-0.4, -0.2) is 37.6 Å². The van der Waals surface area contributed by atoms with Gasteiger partial charge < -0.3 is 9.64 Å². The van der Waals surface area contributed by atoms with Crippen LogP contribution in [0.25, 0.3) is 0 Å². The third kappa shape index (κ3) is 8.72. The Morgan fingerprint density at radius 1 is 1.06 bits per heavy atom. The van der Waals surface area contributed by atoms with E-state index < -0.39 is 0 Å². The molecule has 0 aliphatic rings. The highest BCUT2D eigenvalue weighted by Crippen LogP contribution is 2.04. The lowest BCUT2D eigenvalue weighted by molar-refractivity contribution is -0.140. The molecule has 0 bridgehead atoms. The summed E-state index contributed by atoms with van der Waals surface area (Å²) >= 11 is 0. The molecule has 0 atom stereocenters. The Labute approximate surface area is 100 Å². The van der Waals surface area contributed by atoms with Gasteiger partial charge >= 0.3 is 5.97 Å². The largest absolute Gasteiger partial charge is 0.469 e. The maximum Gasteiger partial charge on any atom is 0.306 e. The topological polar surface area (TPSA) is 29.5 Å². The molecule has 0 aliphatic carbocycles. The second-order valence-corrected chi connectivity index (χ2v) is 4.17. The van der Waals surface area contributed by atoms with E-state index in [-0.39, 0.29) is 5.97 Å². The van der Waals surface area contributed by atoms with Crippen LogP contribution in [0.15, 0.2) is 0 Å². The van der Waals surface area contributed by atoms with Crippen molar-refractivity contribution in [2.24, 2.45) is 0 Å². The minimum absolute atomic E-state index is 0.107. The van der Waals surface area contributed by atoms with Crippen LogP contribution in [0.5, 0.6) is 0 Å². The highest BCUT2D eigenvalue weighted by molar-refractivity contribution is 5.69. The van der Waals surface area contributed by atoms with Gasteiger partial charge in [0.2, 0.25) is 0 Å². The van der Waals surface area contributed by atoms with Gasteiger partial charge in [0.05, 0.1) is 13.5 Å². The van der Waals surface area contributed by atoms with Gasteiger partial charge in [-0.2, -0.15) is 0 Å². The summed E-state index contributed by atoms with van der Waals surface area (Å²) in [4.78, 5) is 13.3. The maximum absolute atomic E-state index is 11.0. The summed E-state index contributed by atoms with van der Waals surface area (Å²) in [6.45, 7) is 7.33. The minimum atomic E-state index is -0.107. The Morgan fingerprint density at radius 2 is 1.75 bits per heavy atom. The number of ether oxygens (including phenoxy) is 1. The molecule has 3 heteroatoms. The van der Waals surface area contributed by atoms with Crippen molar-refractivity contribution in [3.05, 3.63) is 0 Å². The predicted molar refractivity (Wildman–Crippen MR) is 67.5 cm³/mol. The number of esters is 1. The van der Waals surface area contributed by atoms with Crippen molar-refractivity contribution in [1.82, 2.24) is 4.90 Å². The van der Waals surface area contributed by atoms with Crippen molar-refractivity contribution in [3.63, 3.8) is 0 Å². The van der Waals surface area contributed by atoms with Crippen molar-refractivity contribution in [3.8, 4) is 0 Å². The molecule has 0 aromatic rings. The van der Waals surface area contributed by atoms with Crippen LogP contribution in [0.3, 0.4) is 0 Å². The first-order chi connectivity index (χ1) is 7.74. The van der Waals surface area contributed by atoms with Crippen LogP contribution >= 0.6 is 0 Å². The molecular formula is C13H27NO2. The zero-order valence-corrected chi connectivity index (χ0v) is 11.1. The number of carbonyl (C=O) groups excluding carboxylic acids is 1. The van der Waals surface area contributed by atoms with Gasteiger partial charge in [0.1, 0.15) is 0 Å². The second-order valence-electron chi connectivity index (χ2n) is 4.17. The van der Waals surface area contributed by atoms with Gasteiger partial charge in [0.25, 0.3) is 0 Å². The Hall–Kier alpha value is -0.570. The number of unbranched alkanes of at least 4 members (excludes halogenated alkanes) is 4. The minimum Gasteiger partial charge on any atom is -0.469 e. The van der Waals surface area contributed by atoms with E-state index in [2.05, 4.69) is 23.5 Å². The van der Waals surface area contributed by atoms with Crippen molar-refractivity contribution in [1.29, 1.82) is 0 Å². The van der Waals surface area contributed by atoms with E-state index >= 15 is 0 Å². The van der Waals surface area contributed by atoms with Crippen LogP contribution in [0.4, 0.5) is 0 Å². The summed E-state index contributed by atoms with van der Waals surface area (Å²) in [6.07, 6.45) is 7.04. The van der Waals surface area contributed by atoms with Crippen LogP contribution in [0.2, 0.25) is 0 Å². The Morgan fingerprint density at radius 3 is 2.31 bits per heavy atom. The first-order valence-electron chi connectivity index (χ1n) is 6.53. The standard InChI is InChI=1S/C13H27NO2/c1-4-6-7-8-9-11-14(5-2)12-10-13(15)16-3/h4-12H2,1-3H3. The molecule has 0 spiro atoms. The summed E-state index contributed by atoms with van der Waals surface area (Å²) < 4.78 is 4.64. The highest BCUT2D eigenvalue weighted by Gasteiger charge is 2.05. The quantitative estimate of drug-likeness (QED) is 0.426. The van der Waals surface area contributed by atoms with Gasteiger partial charge in [-0.25, -0.2) is 0 Å². The lowest BCUT2D eigenvalue weighted by Crippen LogP contribution is -2.27. The lowest BCUT2D eigenvalue weighted by Gasteiger charge is -2.19. The van der Waals surface area contributed by atoms with Crippen LogP contribution in [0.1, 0.15) is 52.4 Å². The molecular weight excluding hydrogens is 202 g/mol. The molecule has 0 amide bonds. The molecule has 0 aromatic carbocycles. The Kier molecular flexibility index (Phi) is 10.5. The van der Waals surface area contributed by atoms with Gasteiger partial charge in [0, 0.05) is 6.54 Å². The summed E-state index contributed by atoms with van der Waals surface area (Å²) in [5, 5.41) is 0. The molecule has 0 aliphatic heterocycles. The fourth-order valence-electron chi connectivity index (χ4n) is 1.72. The molecule has 0 heterocycles. The zero-order valence-electron chi connectivity index (χ0n) is 11.1. The zero-order chi connectivity index (χ0) is 12.2. The number of hydrogen-bond acceptors (Lipinski definition) is 3. The van der Waals surface area contributed by atoms with Gasteiger partial charge in [-0.3, -0.25) is 4.79 Å². The molecule has 0 saturated heterocycles. The van der Waals surface area contributed by atoms with Crippen molar-refractivity contribution >= 4 is 5.97 Å². The molecule has 0 radical (unpaired) electrons. The molecule has 3 nitrogen and oxygen atoms in total. The maximum atomic E-state index is 11.0. The van der Waals surface area contributed by atoms with Crippen molar-refractivity contribution < 1.29 is 9.53 Å². The SMILES string of the molecule is CCCCCCCN(CC)CCC(=O)OC. The molecule has 0 rings (SSSR count). The molecule has 0 unspecified atom stereocenters. The van der Waals surface area contributed by atoms with E-state index in [0.717, 1.165) is 19.6 Å². The fourth-order valence-corrected chi connectivity index (χ4v) is 1.72. The van der Waals surface area contributed by atoms with E-state index in [0.29, 0.717) is 6.42 Å². The molecule has 0 aromatic heterocycles. The lowest BCUT2D eigenvalue weighted by atomic mass is 10.1. The highest BCUT2D eigenvalue weighted by atomic mass is 16.5. The van der Waals surface area contributed by atoms with Crippen LogP contribution in [0, 0.1) is 0 Å². The third-order valence-electron chi connectivity index (χ3n) is 2.88. The predicted octanol–water partition coefficient (Wildman–Crippen LogP) is 2.84. The summed E-state index contributed by atoms with van der Waals surface area (Å²) in [6, 6.07) is 0. The van der Waals surface area contributed by atoms with Gasteiger partial charge in [-0.15, -0.1) is 0 Å². The van der Waals surface area contributed by atoms with Gasteiger partial charge in [-0.1, -0.05) is 39.5 Å². The number of nitrogens with zero attached hydrogens (tertiary/aromatic N) is 1. The van der Waals surface area contributed by atoms with Crippen molar-refractivity contribution in [2.45, 2.75) is 52.4 Å². The smallest absolute Gasteiger partial charge is 0.306 e. The average Bonchev–Trinajstić information content (AvgIpc) is 2.32. The molecule has 96 valence electrons. The van der Waals surface area contributed by atoms with E-state index in [1.807, 2.05) is 0 Å². The van der Waals surface area contributed by atoms with Gasteiger partial charge in [-0.05, 0) is 19.5 Å². The van der Waals surface area contributed by atoms with Crippen LogP contribution in [-0.2, 0) is 9.53 Å². The Balaban J connectivity index is 3.47. The monoisotopic (exact) mass is 229 g/mol. The normalized spacial score (nSPS) is 10.8. The van der Waals surface area contributed by atoms with E-state index in [9.17, 15) is 4.79 Å². The number of methoxy groups -OCH3 is 1. The van der Waals surface area contributed by atoms with E-state index in [1.165, 1.54) is 39.2 Å². The van der Waals surface area contributed by atoms with Crippen LogP contribution < -0.4 is 0 Å². The summed E-state index contributed by atoms with van der Waals surface area (Å²) in [7, 11) is 1.45. The molecule has 16 heavy (non-hydrogen) atoms. The van der Waals surface area contributed by atoms with E-state index in [1.54, 1.807) is 0 Å². The summed E-state index contributed by atoms with van der Waals surface area (Å²) in [5.74, 6) is -0.107. The molecule has 0 saturated carbocycles. The molecule has 0 N–H and O–H groups in total.